The molecule has 1 aromatic rings. The van der Waals surface area contributed by atoms with Crippen LogP contribution in [0.5, 0.6) is 0 Å². The largest absolute Gasteiger partial charge is 0.468 e. The van der Waals surface area contributed by atoms with Crippen molar-refractivity contribution in [3.8, 4) is 6.07 Å². The van der Waals surface area contributed by atoms with Crippen molar-refractivity contribution in [3.63, 3.8) is 0 Å². The molecule has 8 heteroatoms. The number of rotatable bonds is 4. The molecule has 0 aliphatic heterocycles. The lowest BCUT2D eigenvalue weighted by atomic mass is 10.2. The van der Waals surface area contributed by atoms with Gasteiger partial charge in [0.05, 0.1) is 18.4 Å². The van der Waals surface area contributed by atoms with Crippen molar-refractivity contribution in [2.75, 3.05) is 11.8 Å². The highest BCUT2D eigenvalue weighted by atomic mass is 32.2. The van der Waals surface area contributed by atoms with E-state index in [0.29, 0.717) is 0 Å². The van der Waals surface area contributed by atoms with Crippen molar-refractivity contribution in [1.82, 2.24) is 0 Å². The molecule has 1 N–H and O–H groups in total. The molecule has 1 aromatic carbocycles. The highest BCUT2D eigenvalue weighted by Crippen LogP contribution is 2.17. The molecule has 0 spiro atoms. The van der Waals surface area contributed by atoms with Crippen LogP contribution in [-0.4, -0.2) is 26.7 Å². The van der Waals surface area contributed by atoms with E-state index >= 15 is 0 Å². The molecule has 1 atom stereocenters. The molecule has 0 amide bonds. The molecule has 6 nitrogen and oxygen atoms in total. The number of hydrogen-bond acceptors (Lipinski definition) is 5. The zero-order valence-corrected chi connectivity index (χ0v) is 11.0. The van der Waals surface area contributed by atoms with Gasteiger partial charge in [-0.05, 0) is 25.1 Å². The fourth-order valence-corrected chi connectivity index (χ4v) is 2.20. The number of methoxy groups -OCH3 is 1. The third-order valence-electron chi connectivity index (χ3n) is 2.35. The lowest BCUT2D eigenvalue weighted by molar-refractivity contribution is -0.139. The second kappa shape index (κ2) is 5.67. The summed E-state index contributed by atoms with van der Waals surface area (Å²) in [7, 11) is -2.95. The van der Waals surface area contributed by atoms with E-state index in [1.807, 2.05) is 0 Å². The minimum Gasteiger partial charge on any atom is -0.468 e. The molecular formula is C11H11FN2O4S. The second-order valence-electron chi connectivity index (χ2n) is 3.62. The van der Waals surface area contributed by atoms with Crippen molar-refractivity contribution in [2.45, 2.75) is 12.2 Å². The molecule has 0 saturated heterocycles. The molecule has 19 heavy (non-hydrogen) atoms. The van der Waals surface area contributed by atoms with Crippen LogP contribution in [-0.2, 0) is 19.6 Å². The Morgan fingerprint density at radius 2 is 2.16 bits per heavy atom. The zero-order valence-electron chi connectivity index (χ0n) is 10.2. The number of esters is 1. The monoisotopic (exact) mass is 286 g/mol. The van der Waals surface area contributed by atoms with Gasteiger partial charge in [0.2, 0.25) is 10.0 Å². The lowest BCUT2D eigenvalue weighted by Gasteiger charge is -2.13. The summed E-state index contributed by atoms with van der Waals surface area (Å²) in [6.45, 7) is 1.16. The van der Waals surface area contributed by atoms with Crippen molar-refractivity contribution < 1.29 is 22.3 Å². The second-order valence-corrected chi connectivity index (χ2v) is 5.62. The van der Waals surface area contributed by atoms with Gasteiger partial charge in [0.1, 0.15) is 11.9 Å². The van der Waals surface area contributed by atoms with E-state index in [1.165, 1.54) is 0 Å². The first kappa shape index (κ1) is 14.9. The first-order chi connectivity index (χ1) is 8.81. The normalized spacial score (nSPS) is 12.3. The maximum atomic E-state index is 13.1. The number of ether oxygens (including phenoxy) is 1. The summed E-state index contributed by atoms with van der Waals surface area (Å²) in [6, 6.07) is 4.73. The van der Waals surface area contributed by atoms with E-state index in [-0.39, 0.29) is 11.3 Å². The number of anilines is 1. The van der Waals surface area contributed by atoms with Crippen LogP contribution >= 0.6 is 0 Å². The van der Waals surface area contributed by atoms with Crippen LogP contribution in [0, 0.1) is 17.1 Å². The Balaban J connectivity index is 3.03. The van der Waals surface area contributed by atoms with E-state index < -0.39 is 27.1 Å². The van der Waals surface area contributed by atoms with Gasteiger partial charge in [0, 0.05) is 0 Å². The Morgan fingerprint density at radius 1 is 1.53 bits per heavy atom. The average molecular weight is 286 g/mol. The van der Waals surface area contributed by atoms with Crippen LogP contribution in [0.4, 0.5) is 10.1 Å². The van der Waals surface area contributed by atoms with Crippen molar-refractivity contribution >= 4 is 21.7 Å². The highest BCUT2D eigenvalue weighted by molar-refractivity contribution is 7.94. The summed E-state index contributed by atoms with van der Waals surface area (Å²) in [5, 5.41) is 7.21. The molecule has 0 bridgehead atoms. The van der Waals surface area contributed by atoms with Gasteiger partial charge in [0.15, 0.2) is 5.25 Å². The lowest BCUT2D eigenvalue weighted by Crippen LogP contribution is -2.33. The van der Waals surface area contributed by atoms with Crippen LogP contribution in [0.2, 0.25) is 0 Å². The Labute approximate surface area is 109 Å². The van der Waals surface area contributed by atoms with Gasteiger partial charge in [-0.15, -0.1) is 0 Å². The van der Waals surface area contributed by atoms with Crippen LogP contribution in [0.25, 0.3) is 0 Å². The van der Waals surface area contributed by atoms with Gasteiger partial charge in [-0.25, -0.2) is 12.8 Å². The number of nitrogens with one attached hydrogen (secondary N) is 1. The molecule has 0 heterocycles. The number of nitriles is 1. The molecule has 0 aliphatic carbocycles. The summed E-state index contributed by atoms with van der Waals surface area (Å²) in [6.07, 6.45) is 0. The predicted octanol–water partition coefficient (Wildman–Crippen LogP) is 1.00. The first-order valence-corrected chi connectivity index (χ1v) is 6.65. The number of carbonyl (C=O) groups excluding carboxylic acids is 1. The minimum atomic E-state index is -4.02. The van der Waals surface area contributed by atoms with E-state index in [0.717, 1.165) is 32.2 Å². The van der Waals surface area contributed by atoms with Crippen LogP contribution in [0.3, 0.4) is 0 Å². The summed E-state index contributed by atoms with van der Waals surface area (Å²) in [5.41, 5.74) is -0.306. The van der Waals surface area contributed by atoms with E-state index in [9.17, 15) is 17.6 Å². The number of hydrogen-bond donors (Lipinski definition) is 1. The minimum absolute atomic E-state index is 0.00583. The smallest absolute Gasteiger partial charge is 0.325 e. The maximum absolute atomic E-state index is 13.1. The van der Waals surface area contributed by atoms with Gasteiger partial charge >= 0.3 is 5.97 Å². The Morgan fingerprint density at radius 3 is 2.68 bits per heavy atom. The summed E-state index contributed by atoms with van der Waals surface area (Å²) in [5.74, 6) is -1.68. The topological polar surface area (TPSA) is 96.3 Å². The van der Waals surface area contributed by atoms with Gasteiger partial charge in [-0.1, -0.05) is 0 Å². The van der Waals surface area contributed by atoms with Gasteiger partial charge in [0.25, 0.3) is 0 Å². The summed E-state index contributed by atoms with van der Waals surface area (Å²) < 4.78 is 43.1. The molecule has 0 fully saturated rings. The van der Waals surface area contributed by atoms with Crippen molar-refractivity contribution in [3.05, 3.63) is 29.6 Å². The van der Waals surface area contributed by atoms with E-state index in [4.69, 9.17) is 5.26 Å². The number of carbonyl (C=O) groups is 1. The highest BCUT2D eigenvalue weighted by Gasteiger charge is 2.28. The molecular weight excluding hydrogens is 275 g/mol. The average Bonchev–Trinajstić information content (AvgIpc) is 2.38. The van der Waals surface area contributed by atoms with Gasteiger partial charge in [-0.2, -0.15) is 5.26 Å². The molecule has 0 saturated carbocycles. The SMILES string of the molecule is COC(=O)C(C)S(=O)(=O)Nc1ccc(F)c(C#N)c1. The van der Waals surface area contributed by atoms with Gasteiger partial charge < -0.3 is 4.74 Å². The molecule has 1 rings (SSSR count). The van der Waals surface area contributed by atoms with E-state index in [2.05, 4.69) is 9.46 Å². The van der Waals surface area contributed by atoms with E-state index in [1.54, 1.807) is 6.07 Å². The van der Waals surface area contributed by atoms with Crippen molar-refractivity contribution in [1.29, 1.82) is 5.26 Å². The Bertz CT molecular complexity index is 637. The number of benzene rings is 1. The first-order valence-electron chi connectivity index (χ1n) is 5.11. The molecule has 0 aromatic heterocycles. The number of halogens is 1. The predicted molar refractivity (Wildman–Crippen MR) is 65.1 cm³/mol. The standard InChI is InChI=1S/C11H11FN2O4S/c1-7(11(15)18-2)19(16,17)14-9-3-4-10(12)8(5-9)6-13/h3-5,7,14H,1-2H3. The molecule has 102 valence electrons. The molecule has 1 unspecified atom stereocenters. The Kier molecular flexibility index (Phi) is 4.45. The van der Waals surface area contributed by atoms with Crippen LogP contribution < -0.4 is 4.72 Å². The van der Waals surface area contributed by atoms with Crippen LogP contribution in [0.15, 0.2) is 18.2 Å². The van der Waals surface area contributed by atoms with Crippen LogP contribution in [0.1, 0.15) is 12.5 Å². The maximum Gasteiger partial charge on any atom is 0.325 e. The quantitative estimate of drug-likeness (QED) is 0.833. The van der Waals surface area contributed by atoms with Gasteiger partial charge in [-0.3, -0.25) is 9.52 Å². The summed E-state index contributed by atoms with van der Waals surface area (Å²) >= 11 is 0. The van der Waals surface area contributed by atoms with Crippen molar-refractivity contribution in [2.24, 2.45) is 0 Å². The fraction of sp³-hybridized carbons (Fsp3) is 0.273. The fourth-order valence-electron chi connectivity index (χ4n) is 1.22. The third kappa shape index (κ3) is 3.42. The summed E-state index contributed by atoms with van der Waals surface area (Å²) in [4.78, 5) is 11.2. The number of nitrogens with zero attached hydrogens (tertiary/aromatic N) is 1. The third-order valence-corrected chi connectivity index (χ3v) is 3.99. The molecule has 0 aliphatic rings. The molecule has 0 radical (unpaired) electrons. The zero-order chi connectivity index (χ0) is 14.6. The number of sulfonamides is 1. The Hall–Kier alpha value is -2.14.